The van der Waals surface area contributed by atoms with Gasteiger partial charge in [-0.05, 0) is 42.8 Å². The van der Waals surface area contributed by atoms with Crippen LogP contribution in [0.25, 0.3) is 5.69 Å². The molecule has 1 aliphatic rings. The van der Waals surface area contributed by atoms with Crippen LogP contribution in [0.5, 0.6) is 0 Å². The summed E-state index contributed by atoms with van der Waals surface area (Å²) in [6.45, 7) is 3.26. The molecule has 0 saturated carbocycles. The number of hydrogen-bond donors (Lipinski definition) is 0. The molecule has 0 aliphatic carbocycles. The van der Waals surface area contributed by atoms with Gasteiger partial charge in [0.25, 0.3) is 5.91 Å². The summed E-state index contributed by atoms with van der Waals surface area (Å²) in [5, 5.41) is 7.60. The average molecular weight is 348 g/mol. The normalized spacial score (nSPS) is 14.9. The minimum Gasteiger partial charge on any atom is -0.370 e. The molecule has 2 aromatic heterocycles. The van der Waals surface area contributed by atoms with Crippen LogP contribution in [0.4, 0.5) is 5.69 Å². The largest absolute Gasteiger partial charge is 0.370 e. The highest BCUT2D eigenvalue weighted by molar-refractivity contribution is 5.94. The lowest BCUT2D eigenvalue weighted by molar-refractivity contribution is 0.0767. The van der Waals surface area contributed by atoms with Crippen LogP contribution in [0.1, 0.15) is 16.8 Å². The van der Waals surface area contributed by atoms with Gasteiger partial charge in [-0.3, -0.25) is 14.3 Å². The number of anilines is 1. The number of nitrogens with zero attached hydrogens (tertiary/aromatic N) is 6. The van der Waals surface area contributed by atoms with E-state index in [0.717, 1.165) is 37.4 Å². The van der Waals surface area contributed by atoms with Gasteiger partial charge in [-0.15, -0.1) is 10.2 Å². The van der Waals surface area contributed by atoms with Crippen LogP contribution >= 0.6 is 0 Å². The van der Waals surface area contributed by atoms with Crippen LogP contribution < -0.4 is 4.90 Å². The lowest BCUT2D eigenvalue weighted by atomic mass is 10.1. The Hall–Kier alpha value is -3.22. The van der Waals surface area contributed by atoms with E-state index in [4.69, 9.17) is 0 Å². The Bertz CT molecular complexity index is 848. The number of rotatable bonds is 3. The van der Waals surface area contributed by atoms with E-state index in [1.807, 2.05) is 45.9 Å². The Labute approximate surface area is 151 Å². The molecule has 3 heterocycles. The number of benzene rings is 1. The summed E-state index contributed by atoms with van der Waals surface area (Å²) < 4.78 is 1.81. The SMILES string of the molecule is O=C(c1ccc(-n2cnnc2)cc1)N1CCCN(c2ccncc2)CC1. The molecule has 1 aliphatic heterocycles. The molecule has 132 valence electrons. The maximum absolute atomic E-state index is 12.9. The van der Waals surface area contributed by atoms with E-state index in [1.54, 1.807) is 25.0 Å². The summed E-state index contributed by atoms with van der Waals surface area (Å²) in [5.74, 6) is 0.0804. The van der Waals surface area contributed by atoms with Crippen molar-refractivity contribution in [3.63, 3.8) is 0 Å². The molecule has 0 unspecified atom stereocenters. The molecule has 0 spiro atoms. The highest BCUT2D eigenvalue weighted by Crippen LogP contribution is 2.17. The molecule has 7 nitrogen and oxygen atoms in total. The van der Waals surface area contributed by atoms with Gasteiger partial charge in [0.2, 0.25) is 0 Å². The summed E-state index contributed by atoms with van der Waals surface area (Å²) in [4.78, 5) is 21.2. The fourth-order valence-electron chi connectivity index (χ4n) is 3.23. The summed E-state index contributed by atoms with van der Waals surface area (Å²) >= 11 is 0. The van der Waals surface area contributed by atoms with Crippen LogP contribution in [0.15, 0.2) is 61.4 Å². The minimum absolute atomic E-state index is 0.0804. The summed E-state index contributed by atoms with van der Waals surface area (Å²) in [7, 11) is 0. The molecule has 26 heavy (non-hydrogen) atoms. The number of amides is 1. The number of pyridine rings is 1. The third-order valence-electron chi connectivity index (χ3n) is 4.64. The molecule has 1 amide bonds. The third kappa shape index (κ3) is 3.42. The van der Waals surface area contributed by atoms with E-state index in [-0.39, 0.29) is 5.91 Å². The fourth-order valence-corrected chi connectivity index (χ4v) is 3.23. The molecule has 0 atom stereocenters. The topological polar surface area (TPSA) is 67.2 Å². The number of hydrogen-bond acceptors (Lipinski definition) is 5. The van der Waals surface area contributed by atoms with E-state index in [9.17, 15) is 4.79 Å². The molecular formula is C19H20N6O. The van der Waals surface area contributed by atoms with Crippen molar-refractivity contribution >= 4 is 11.6 Å². The molecule has 1 aromatic carbocycles. The predicted octanol–water partition coefficient (Wildman–Crippen LogP) is 2.01. The van der Waals surface area contributed by atoms with Gasteiger partial charge in [0.05, 0.1) is 0 Å². The first-order valence-electron chi connectivity index (χ1n) is 8.70. The molecule has 1 fully saturated rings. The van der Waals surface area contributed by atoms with Gasteiger partial charge in [-0.2, -0.15) is 0 Å². The van der Waals surface area contributed by atoms with Gasteiger partial charge in [0.15, 0.2) is 0 Å². The van der Waals surface area contributed by atoms with Crippen molar-refractivity contribution in [2.24, 2.45) is 0 Å². The lowest BCUT2D eigenvalue weighted by Gasteiger charge is -2.23. The van der Waals surface area contributed by atoms with Gasteiger partial charge >= 0.3 is 0 Å². The molecular weight excluding hydrogens is 328 g/mol. The second-order valence-electron chi connectivity index (χ2n) is 6.25. The van der Waals surface area contributed by atoms with Crippen molar-refractivity contribution < 1.29 is 4.79 Å². The minimum atomic E-state index is 0.0804. The third-order valence-corrected chi connectivity index (χ3v) is 4.64. The first-order chi connectivity index (χ1) is 12.8. The molecule has 1 saturated heterocycles. The zero-order valence-electron chi connectivity index (χ0n) is 14.4. The molecule has 4 rings (SSSR count). The zero-order chi connectivity index (χ0) is 17.8. The highest BCUT2D eigenvalue weighted by Gasteiger charge is 2.20. The highest BCUT2D eigenvalue weighted by atomic mass is 16.2. The smallest absolute Gasteiger partial charge is 0.253 e. The van der Waals surface area contributed by atoms with Gasteiger partial charge in [-0.1, -0.05) is 0 Å². The Morgan fingerprint density at radius 1 is 0.808 bits per heavy atom. The maximum atomic E-state index is 12.9. The van der Waals surface area contributed by atoms with Crippen LogP contribution in [0, 0.1) is 0 Å². The van der Waals surface area contributed by atoms with Gasteiger partial charge < -0.3 is 9.80 Å². The van der Waals surface area contributed by atoms with Crippen LogP contribution in [0.2, 0.25) is 0 Å². The lowest BCUT2D eigenvalue weighted by Crippen LogP contribution is -2.35. The van der Waals surface area contributed by atoms with Crippen molar-refractivity contribution in [1.82, 2.24) is 24.6 Å². The van der Waals surface area contributed by atoms with E-state index < -0.39 is 0 Å². The average Bonchev–Trinajstić information content (AvgIpc) is 3.13. The van der Waals surface area contributed by atoms with Gasteiger partial charge in [0, 0.05) is 55.5 Å². The monoisotopic (exact) mass is 348 g/mol. The van der Waals surface area contributed by atoms with E-state index in [1.165, 1.54) is 0 Å². The first kappa shape index (κ1) is 16.3. The van der Waals surface area contributed by atoms with Gasteiger partial charge in [0.1, 0.15) is 12.7 Å². The summed E-state index contributed by atoms with van der Waals surface area (Å²) in [5.41, 5.74) is 2.80. The standard InChI is InChI=1S/C19H20N6O/c26-19(16-2-4-17(5-3-16)25-14-21-22-15-25)24-11-1-10-23(12-13-24)18-6-8-20-9-7-18/h2-9,14-15H,1,10-13H2. The Kier molecular flexibility index (Phi) is 4.59. The second kappa shape index (κ2) is 7.35. The van der Waals surface area contributed by atoms with Gasteiger partial charge in [-0.25, -0.2) is 0 Å². The van der Waals surface area contributed by atoms with E-state index in [0.29, 0.717) is 12.1 Å². The quantitative estimate of drug-likeness (QED) is 0.724. The van der Waals surface area contributed by atoms with Crippen LogP contribution in [0.3, 0.4) is 0 Å². The summed E-state index contributed by atoms with van der Waals surface area (Å²) in [6.07, 6.45) is 7.84. The Balaban J connectivity index is 1.43. The molecule has 0 N–H and O–H groups in total. The van der Waals surface area contributed by atoms with Crippen molar-refractivity contribution in [2.45, 2.75) is 6.42 Å². The van der Waals surface area contributed by atoms with Crippen LogP contribution in [-0.2, 0) is 0 Å². The Morgan fingerprint density at radius 2 is 1.54 bits per heavy atom. The molecule has 0 radical (unpaired) electrons. The van der Waals surface area contributed by atoms with Crippen molar-refractivity contribution in [1.29, 1.82) is 0 Å². The van der Waals surface area contributed by atoms with Crippen LogP contribution in [-0.4, -0.2) is 56.7 Å². The number of carbonyl (C=O) groups excluding carboxylic acids is 1. The first-order valence-corrected chi connectivity index (χ1v) is 8.70. The number of carbonyl (C=O) groups is 1. The van der Waals surface area contributed by atoms with Crippen molar-refractivity contribution in [2.75, 3.05) is 31.1 Å². The summed E-state index contributed by atoms with van der Waals surface area (Å²) in [6, 6.07) is 11.6. The van der Waals surface area contributed by atoms with Crippen molar-refractivity contribution in [3.05, 3.63) is 67.0 Å². The molecule has 0 bridgehead atoms. The predicted molar refractivity (Wildman–Crippen MR) is 98.3 cm³/mol. The Morgan fingerprint density at radius 3 is 2.27 bits per heavy atom. The second-order valence-corrected chi connectivity index (χ2v) is 6.25. The fraction of sp³-hybridized carbons (Fsp3) is 0.263. The number of aromatic nitrogens is 4. The maximum Gasteiger partial charge on any atom is 0.253 e. The zero-order valence-corrected chi connectivity index (χ0v) is 14.4. The molecule has 7 heteroatoms. The molecule has 3 aromatic rings. The van der Waals surface area contributed by atoms with E-state index in [2.05, 4.69) is 20.1 Å². The van der Waals surface area contributed by atoms with E-state index >= 15 is 0 Å². The van der Waals surface area contributed by atoms with Crippen molar-refractivity contribution in [3.8, 4) is 5.69 Å².